The largest absolute Gasteiger partial charge is 0.339 e. The fourth-order valence-corrected chi connectivity index (χ4v) is 4.00. The third-order valence-corrected chi connectivity index (χ3v) is 6.50. The van der Waals surface area contributed by atoms with Crippen LogP contribution in [0, 0.1) is 0 Å². The Kier molecular flexibility index (Phi) is 7.84. The van der Waals surface area contributed by atoms with Crippen molar-refractivity contribution in [3.05, 3.63) is 33.8 Å². The maximum atomic E-state index is 12.4. The van der Waals surface area contributed by atoms with E-state index in [-0.39, 0.29) is 29.9 Å². The van der Waals surface area contributed by atoms with Crippen molar-refractivity contribution in [2.45, 2.75) is 39.7 Å². The van der Waals surface area contributed by atoms with E-state index in [0.29, 0.717) is 23.0 Å². The lowest BCUT2D eigenvalue weighted by molar-refractivity contribution is -0.132. The van der Waals surface area contributed by atoms with Crippen LogP contribution in [-0.4, -0.2) is 43.3 Å². The molecule has 0 radical (unpaired) electrons. The van der Waals surface area contributed by atoms with E-state index in [0.717, 1.165) is 5.56 Å². The summed E-state index contributed by atoms with van der Waals surface area (Å²) in [6.07, 6.45) is 0.742. The standard InChI is InChI=1S/C16H23Cl2NO3S/c1-4-19(12(3)11-23(21,22)5-2)15(20)10-9-13-7-6-8-14(17)16(13)18/h6-8,12H,4-5,9-11H2,1-3H3. The predicted molar refractivity (Wildman–Crippen MR) is 96.0 cm³/mol. The normalized spacial score (nSPS) is 12.9. The molecule has 23 heavy (non-hydrogen) atoms. The first-order valence-electron chi connectivity index (χ1n) is 7.64. The van der Waals surface area contributed by atoms with Crippen LogP contribution in [-0.2, 0) is 21.1 Å². The molecule has 130 valence electrons. The van der Waals surface area contributed by atoms with Crippen molar-refractivity contribution in [2.24, 2.45) is 0 Å². The zero-order chi connectivity index (χ0) is 17.6. The molecule has 0 aliphatic heterocycles. The number of halogens is 2. The third kappa shape index (κ3) is 5.98. The SMILES string of the molecule is CCN(C(=O)CCc1cccc(Cl)c1Cl)C(C)CS(=O)(=O)CC. The highest BCUT2D eigenvalue weighted by Crippen LogP contribution is 2.26. The Morgan fingerprint density at radius 2 is 1.91 bits per heavy atom. The molecule has 1 rings (SSSR count). The molecular formula is C16H23Cl2NO3S. The number of hydrogen-bond donors (Lipinski definition) is 0. The molecule has 0 saturated carbocycles. The molecule has 0 N–H and O–H groups in total. The van der Waals surface area contributed by atoms with Gasteiger partial charge < -0.3 is 4.90 Å². The van der Waals surface area contributed by atoms with Crippen LogP contribution in [0.5, 0.6) is 0 Å². The van der Waals surface area contributed by atoms with E-state index in [1.54, 1.807) is 30.9 Å². The average Bonchev–Trinajstić information content (AvgIpc) is 2.49. The maximum absolute atomic E-state index is 12.4. The predicted octanol–water partition coefficient (Wildman–Crippen LogP) is 3.60. The second kappa shape index (κ2) is 8.90. The molecule has 1 atom stereocenters. The minimum absolute atomic E-state index is 0.0129. The van der Waals surface area contributed by atoms with Crippen LogP contribution >= 0.6 is 23.2 Å². The summed E-state index contributed by atoms with van der Waals surface area (Å²) in [7, 11) is -3.12. The lowest BCUT2D eigenvalue weighted by Crippen LogP contribution is -2.42. The summed E-state index contributed by atoms with van der Waals surface area (Å²) in [6, 6.07) is 4.99. The van der Waals surface area contributed by atoms with Crippen molar-refractivity contribution >= 4 is 38.9 Å². The molecule has 0 bridgehead atoms. The van der Waals surface area contributed by atoms with Crippen LogP contribution in [0.1, 0.15) is 32.8 Å². The number of benzene rings is 1. The minimum atomic E-state index is -3.12. The van der Waals surface area contributed by atoms with Gasteiger partial charge in [-0.25, -0.2) is 8.42 Å². The molecule has 0 saturated heterocycles. The Balaban J connectivity index is 2.72. The highest BCUT2D eigenvalue weighted by molar-refractivity contribution is 7.91. The van der Waals surface area contributed by atoms with Crippen LogP contribution in [0.2, 0.25) is 10.0 Å². The molecule has 1 aromatic carbocycles. The lowest BCUT2D eigenvalue weighted by Gasteiger charge is -2.28. The summed E-state index contributed by atoms with van der Waals surface area (Å²) >= 11 is 12.1. The molecule has 4 nitrogen and oxygen atoms in total. The van der Waals surface area contributed by atoms with Gasteiger partial charge in [0.2, 0.25) is 5.91 Å². The van der Waals surface area contributed by atoms with E-state index in [1.165, 1.54) is 0 Å². The summed E-state index contributed by atoms with van der Waals surface area (Å²) in [6.45, 7) is 5.70. The van der Waals surface area contributed by atoms with Gasteiger partial charge in [0.05, 0.1) is 15.8 Å². The lowest BCUT2D eigenvalue weighted by atomic mass is 10.1. The number of hydrogen-bond acceptors (Lipinski definition) is 3. The van der Waals surface area contributed by atoms with Gasteiger partial charge in [-0.15, -0.1) is 0 Å². The molecule has 1 unspecified atom stereocenters. The molecule has 0 aliphatic carbocycles. The Hall–Kier alpha value is -0.780. The first kappa shape index (κ1) is 20.3. The summed E-state index contributed by atoms with van der Waals surface area (Å²) in [5, 5.41) is 0.929. The van der Waals surface area contributed by atoms with E-state index in [2.05, 4.69) is 0 Å². The fraction of sp³-hybridized carbons (Fsp3) is 0.562. The van der Waals surface area contributed by atoms with Gasteiger partial charge in [-0.3, -0.25) is 4.79 Å². The number of nitrogens with zero attached hydrogens (tertiary/aromatic N) is 1. The van der Waals surface area contributed by atoms with E-state index in [9.17, 15) is 13.2 Å². The van der Waals surface area contributed by atoms with Gasteiger partial charge in [-0.1, -0.05) is 42.3 Å². The Bertz CT molecular complexity index is 647. The van der Waals surface area contributed by atoms with Crippen LogP contribution in [0.15, 0.2) is 18.2 Å². The van der Waals surface area contributed by atoms with Crippen molar-refractivity contribution in [3.63, 3.8) is 0 Å². The highest BCUT2D eigenvalue weighted by atomic mass is 35.5. The number of aryl methyl sites for hydroxylation is 1. The number of carbonyl (C=O) groups is 1. The first-order valence-corrected chi connectivity index (χ1v) is 10.2. The molecule has 0 spiro atoms. The molecule has 1 amide bonds. The van der Waals surface area contributed by atoms with Crippen LogP contribution in [0.25, 0.3) is 0 Å². The van der Waals surface area contributed by atoms with Gasteiger partial charge in [0.25, 0.3) is 0 Å². The summed E-state index contributed by atoms with van der Waals surface area (Å²) in [5.74, 6) is -0.00953. The van der Waals surface area contributed by atoms with Gasteiger partial charge in [-0.05, 0) is 31.9 Å². The smallest absolute Gasteiger partial charge is 0.223 e. The molecule has 0 aliphatic rings. The summed E-state index contributed by atoms with van der Waals surface area (Å²) in [5.41, 5.74) is 0.817. The first-order chi connectivity index (χ1) is 10.7. The van der Waals surface area contributed by atoms with Crippen molar-refractivity contribution in [1.82, 2.24) is 4.90 Å². The van der Waals surface area contributed by atoms with Crippen molar-refractivity contribution < 1.29 is 13.2 Å². The zero-order valence-corrected chi connectivity index (χ0v) is 16.0. The second-order valence-electron chi connectivity index (χ2n) is 5.44. The van der Waals surface area contributed by atoms with E-state index in [1.807, 2.05) is 13.0 Å². The summed E-state index contributed by atoms with van der Waals surface area (Å²) in [4.78, 5) is 14.0. The third-order valence-electron chi connectivity index (χ3n) is 3.77. The second-order valence-corrected chi connectivity index (χ2v) is 8.62. The molecule has 0 fully saturated rings. The monoisotopic (exact) mass is 379 g/mol. The zero-order valence-electron chi connectivity index (χ0n) is 13.7. The highest BCUT2D eigenvalue weighted by Gasteiger charge is 2.23. The molecule has 7 heteroatoms. The van der Waals surface area contributed by atoms with Gasteiger partial charge in [-0.2, -0.15) is 0 Å². The van der Waals surface area contributed by atoms with Crippen molar-refractivity contribution in [1.29, 1.82) is 0 Å². The van der Waals surface area contributed by atoms with Gasteiger partial charge in [0.15, 0.2) is 9.84 Å². The Morgan fingerprint density at radius 3 is 2.48 bits per heavy atom. The van der Waals surface area contributed by atoms with Crippen LogP contribution < -0.4 is 0 Å². The number of sulfone groups is 1. The van der Waals surface area contributed by atoms with Crippen LogP contribution in [0.4, 0.5) is 0 Å². The minimum Gasteiger partial charge on any atom is -0.339 e. The van der Waals surface area contributed by atoms with Gasteiger partial charge >= 0.3 is 0 Å². The summed E-state index contributed by atoms with van der Waals surface area (Å²) < 4.78 is 23.5. The van der Waals surface area contributed by atoms with Crippen molar-refractivity contribution in [2.75, 3.05) is 18.1 Å². The molecule has 0 aromatic heterocycles. The number of carbonyl (C=O) groups excluding carboxylic acids is 1. The molecule has 0 heterocycles. The van der Waals surface area contributed by atoms with E-state index >= 15 is 0 Å². The number of rotatable bonds is 8. The molecular weight excluding hydrogens is 357 g/mol. The topological polar surface area (TPSA) is 54.5 Å². The maximum Gasteiger partial charge on any atom is 0.223 e. The van der Waals surface area contributed by atoms with Gasteiger partial charge in [0, 0.05) is 24.8 Å². The fourth-order valence-electron chi connectivity index (χ4n) is 2.44. The number of amides is 1. The Morgan fingerprint density at radius 1 is 1.26 bits per heavy atom. The van der Waals surface area contributed by atoms with Crippen molar-refractivity contribution in [3.8, 4) is 0 Å². The van der Waals surface area contributed by atoms with E-state index in [4.69, 9.17) is 23.2 Å². The van der Waals surface area contributed by atoms with Crippen LogP contribution in [0.3, 0.4) is 0 Å². The molecule has 1 aromatic rings. The Labute approximate surface area is 148 Å². The average molecular weight is 380 g/mol. The quantitative estimate of drug-likeness (QED) is 0.693. The van der Waals surface area contributed by atoms with Gasteiger partial charge in [0.1, 0.15) is 0 Å². The van der Waals surface area contributed by atoms with E-state index < -0.39 is 9.84 Å².